The van der Waals surface area contributed by atoms with Crippen LogP contribution in [0, 0.1) is 0 Å². The van der Waals surface area contributed by atoms with E-state index < -0.39 is 21.6 Å². The number of benzene rings is 2. The molecule has 4 rings (SSSR count). The van der Waals surface area contributed by atoms with Gasteiger partial charge in [0.15, 0.2) is 9.84 Å². The van der Waals surface area contributed by atoms with Crippen LogP contribution in [0.25, 0.3) is 0 Å². The summed E-state index contributed by atoms with van der Waals surface area (Å²) in [5.74, 6) is -0.275. The topological polar surface area (TPSA) is 79.4 Å². The van der Waals surface area contributed by atoms with Crippen LogP contribution in [0.5, 0.6) is 0 Å². The molecular weight excluding hydrogens is 479 g/mol. The number of nitrogens with zero attached hydrogens (tertiary/aromatic N) is 2. The molecule has 0 saturated heterocycles. The average molecular weight is 504 g/mol. The van der Waals surface area contributed by atoms with E-state index in [9.17, 15) is 26.4 Å². The first kappa shape index (κ1) is 24.9. The number of hydrogen-bond acceptors (Lipinski definition) is 5. The van der Waals surface area contributed by atoms with E-state index in [0.717, 1.165) is 34.5 Å². The molecule has 0 saturated carbocycles. The van der Waals surface area contributed by atoms with E-state index >= 15 is 0 Å². The maximum atomic E-state index is 12.8. The molecule has 2 heterocycles. The highest BCUT2D eigenvalue weighted by molar-refractivity contribution is 7.91. The Hall–Kier alpha value is -3.24. The van der Waals surface area contributed by atoms with Gasteiger partial charge in [0.1, 0.15) is 0 Å². The molecule has 1 aromatic heterocycles. The average Bonchev–Trinajstić information content (AvgIpc) is 3.24. The number of hydrogen-bond donors (Lipinski definition) is 1. The van der Waals surface area contributed by atoms with Gasteiger partial charge < -0.3 is 5.32 Å². The van der Waals surface area contributed by atoms with Crippen LogP contribution >= 0.6 is 0 Å². The number of halogens is 3. The third kappa shape index (κ3) is 5.88. The van der Waals surface area contributed by atoms with Crippen molar-refractivity contribution < 1.29 is 26.4 Å². The summed E-state index contributed by atoms with van der Waals surface area (Å²) in [6.45, 7) is 3.38. The summed E-state index contributed by atoms with van der Waals surface area (Å²) in [5, 5.41) is 2.81. The number of amides is 1. The lowest BCUT2D eigenvalue weighted by molar-refractivity contribution is -0.137. The molecule has 0 fully saturated rings. The van der Waals surface area contributed by atoms with Gasteiger partial charge in [-0.25, -0.2) is 8.42 Å². The molecule has 6 nitrogen and oxygen atoms in total. The molecule has 0 spiro atoms. The highest BCUT2D eigenvalue weighted by atomic mass is 32.2. The van der Waals surface area contributed by atoms with Gasteiger partial charge in [0.25, 0.3) is 5.91 Å². The summed E-state index contributed by atoms with van der Waals surface area (Å²) >= 11 is 0. The smallest absolute Gasteiger partial charge is 0.348 e. The van der Waals surface area contributed by atoms with Crippen LogP contribution in [0.1, 0.15) is 45.2 Å². The lowest BCUT2D eigenvalue weighted by Gasteiger charge is -2.15. The third-order valence-corrected chi connectivity index (χ3v) is 7.64. The normalized spacial score (nSPS) is 14.1. The Morgan fingerprint density at radius 3 is 2.31 bits per heavy atom. The van der Waals surface area contributed by atoms with E-state index in [-0.39, 0.29) is 23.1 Å². The van der Waals surface area contributed by atoms with Crippen molar-refractivity contribution >= 4 is 15.7 Å². The number of fused-ring (bicyclic) bond motifs is 1. The summed E-state index contributed by atoms with van der Waals surface area (Å²) in [4.78, 5) is 19.3. The summed E-state index contributed by atoms with van der Waals surface area (Å²) in [6, 6.07) is 13.3. The fourth-order valence-electron chi connectivity index (χ4n) is 3.89. The van der Waals surface area contributed by atoms with Gasteiger partial charge in [-0.15, -0.1) is 0 Å². The molecule has 1 N–H and O–H groups in total. The number of carbonyl (C=O) groups is 1. The van der Waals surface area contributed by atoms with E-state index in [1.54, 1.807) is 25.1 Å². The van der Waals surface area contributed by atoms with E-state index in [0.29, 0.717) is 25.2 Å². The van der Waals surface area contributed by atoms with Crippen molar-refractivity contribution in [2.75, 3.05) is 5.75 Å². The molecule has 0 bridgehead atoms. The first-order chi connectivity index (χ1) is 16.5. The zero-order valence-corrected chi connectivity index (χ0v) is 19.8. The molecule has 0 aliphatic carbocycles. The second-order valence-corrected chi connectivity index (χ2v) is 10.7. The molecule has 0 unspecified atom stereocenters. The number of nitrogens with one attached hydrogen (secondary N) is 1. The molecule has 184 valence electrons. The first-order valence-corrected chi connectivity index (χ1v) is 12.7. The molecule has 0 atom stereocenters. The molecule has 0 radical (unpaired) electrons. The third-order valence-electron chi connectivity index (χ3n) is 5.89. The fraction of sp³-hybridized carbons (Fsp3) is 0.280. The first-order valence-electron chi connectivity index (χ1n) is 11.0. The van der Waals surface area contributed by atoms with Gasteiger partial charge in [-0.3, -0.25) is 14.7 Å². The van der Waals surface area contributed by atoms with Gasteiger partial charge >= 0.3 is 6.18 Å². The highest BCUT2D eigenvalue weighted by Crippen LogP contribution is 2.30. The van der Waals surface area contributed by atoms with E-state index in [1.165, 1.54) is 30.5 Å². The van der Waals surface area contributed by atoms with Crippen molar-refractivity contribution in [1.29, 1.82) is 0 Å². The van der Waals surface area contributed by atoms with Crippen molar-refractivity contribution in [1.82, 2.24) is 15.2 Å². The van der Waals surface area contributed by atoms with E-state index in [1.807, 2.05) is 4.90 Å². The standard InChI is InChI=1S/C25H24F3N3O3S/c1-2-35(33,34)22-9-5-17(6-10-22)12-30-24(32)19-11-20-15-31(16-23(20)29-13-19)14-18-3-7-21(8-4-18)25(26,27)28/h3-11,13H,2,12,14-16H2,1H3,(H,30,32). The quantitative estimate of drug-likeness (QED) is 0.519. The molecule has 1 aliphatic rings. The predicted octanol–water partition coefficient (Wildman–Crippen LogP) is 4.34. The van der Waals surface area contributed by atoms with Crippen LogP contribution in [0.2, 0.25) is 0 Å². The minimum Gasteiger partial charge on any atom is -0.348 e. The van der Waals surface area contributed by atoms with Crippen molar-refractivity contribution in [2.24, 2.45) is 0 Å². The van der Waals surface area contributed by atoms with Crippen LogP contribution in [-0.2, 0) is 42.2 Å². The number of carbonyl (C=O) groups excluding carboxylic acids is 1. The number of pyridine rings is 1. The summed E-state index contributed by atoms with van der Waals surface area (Å²) < 4.78 is 62.1. The van der Waals surface area contributed by atoms with Crippen LogP contribution in [0.15, 0.2) is 65.7 Å². The molecule has 1 amide bonds. The van der Waals surface area contributed by atoms with Crippen LogP contribution < -0.4 is 5.32 Å². The lowest BCUT2D eigenvalue weighted by Crippen LogP contribution is -2.23. The summed E-state index contributed by atoms with van der Waals surface area (Å²) in [6.07, 6.45) is -2.85. The Bertz CT molecular complexity index is 1320. The molecule has 2 aromatic carbocycles. The second-order valence-electron chi connectivity index (χ2n) is 8.40. The highest BCUT2D eigenvalue weighted by Gasteiger charge is 2.30. The lowest BCUT2D eigenvalue weighted by atomic mass is 10.1. The SMILES string of the molecule is CCS(=O)(=O)c1ccc(CNC(=O)c2cnc3c(c2)CN(Cc2ccc(C(F)(F)F)cc2)C3)cc1. The monoisotopic (exact) mass is 503 g/mol. The maximum absolute atomic E-state index is 12.8. The van der Waals surface area contributed by atoms with Gasteiger partial charge in [-0.2, -0.15) is 13.2 Å². The number of rotatable bonds is 7. The zero-order chi connectivity index (χ0) is 25.2. The van der Waals surface area contributed by atoms with Crippen LogP contribution in [0.4, 0.5) is 13.2 Å². The molecule has 35 heavy (non-hydrogen) atoms. The molecular formula is C25H24F3N3O3S. The Labute approximate surface area is 201 Å². The van der Waals surface area contributed by atoms with Gasteiger partial charge in [0, 0.05) is 32.4 Å². The number of alkyl halides is 3. The zero-order valence-electron chi connectivity index (χ0n) is 19.0. The molecule has 1 aliphatic heterocycles. The van der Waals surface area contributed by atoms with Gasteiger partial charge in [0.2, 0.25) is 0 Å². The number of aromatic nitrogens is 1. The largest absolute Gasteiger partial charge is 0.416 e. The Morgan fingerprint density at radius 2 is 1.69 bits per heavy atom. The van der Waals surface area contributed by atoms with Crippen molar-refractivity contribution in [3.05, 3.63) is 94.3 Å². The van der Waals surface area contributed by atoms with Gasteiger partial charge in [0.05, 0.1) is 27.5 Å². The minimum absolute atomic E-state index is 0.0240. The minimum atomic E-state index is -4.36. The van der Waals surface area contributed by atoms with Crippen LogP contribution in [0.3, 0.4) is 0 Å². The van der Waals surface area contributed by atoms with Gasteiger partial charge in [-0.1, -0.05) is 31.2 Å². The van der Waals surface area contributed by atoms with Crippen molar-refractivity contribution in [2.45, 2.75) is 44.2 Å². The predicted molar refractivity (Wildman–Crippen MR) is 124 cm³/mol. The summed E-state index contributed by atoms with van der Waals surface area (Å²) in [5.41, 5.74) is 3.00. The van der Waals surface area contributed by atoms with E-state index in [2.05, 4.69) is 10.3 Å². The molecule has 10 heteroatoms. The fourth-order valence-corrected chi connectivity index (χ4v) is 4.77. The summed E-state index contributed by atoms with van der Waals surface area (Å²) in [7, 11) is -3.27. The Balaban J connectivity index is 1.34. The Kier molecular flexibility index (Phi) is 6.95. The molecule has 3 aromatic rings. The Morgan fingerprint density at radius 1 is 1.03 bits per heavy atom. The van der Waals surface area contributed by atoms with Gasteiger partial charge in [-0.05, 0) is 47.0 Å². The van der Waals surface area contributed by atoms with Crippen LogP contribution in [-0.4, -0.2) is 30.0 Å². The van der Waals surface area contributed by atoms with E-state index in [4.69, 9.17) is 0 Å². The van der Waals surface area contributed by atoms with Crippen molar-refractivity contribution in [3.63, 3.8) is 0 Å². The number of sulfone groups is 1. The second kappa shape index (κ2) is 9.79. The maximum Gasteiger partial charge on any atom is 0.416 e. The van der Waals surface area contributed by atoms with Crippen molar-refractivity contribution in [3.8, 4) is 0 Å².